The molecule has 0 aliphatic carbocycles. The number of hydrogen-bond donors (Lipinski definition) is 1. The highest BCUT2D eigenvalue weighted by Gasteiger charge is 2.11. The van der Waals surface area contributed by atoms with Crippen LogP contribution in [0.3, 0.4) is 0 Å². The molecule has 0 fully saturated rings. The van der Waals surface area contributed by atoms with E-state index in [1.807, 2.05) is 6.07 Å². The SMILES string of the molecule is N#CCCCCOc1c(F)cc(CN)cc1F. The molecule has 0 radical (unpaired) electrons. The molecule has 0 aromatic heterocycles. The Hall–Kier alpha value is -1.67. The first-order valence-corrected chi connectivity index (χ1v) is 5.36. The standard InChI is InChI=1S/C12H14F2N2O/c13-10-6-9(8-16)7-11(14)12(10)17-5-3-1-2-4-15/h6-7H,1-3,5,8,16H2. The Bertz CT molecular complexity index is 392. The van der Waals surface area contributed by atoms with E-state index in [2.05, 4.69) is 0 Å². The third kappa shape index (κ3) is 4.00. The van der Waals surface area contributed by atoms with Crippen LogP contribution in [0.25, 0.3) is 0 Å². The number of hydrogen-bond acceptors (Lipinski definition) is 3. The van der Waals surface area contributed by atoms with Crippen LogP contribution in [-0.2, 0) is 6.54 Å². The molecule has 92 valence electrons. The lowest BCUT2D eigenvalue weighted by atomic mass is 10.2. The highest BCUT2D eigenvalue weighted by molar-refractivity contribution is 5.31. The Morgan fingerprint density at radius 3 is 2.41 bits per heavy atom. The number of benzene rings is 1. The molecular formula is C12H14F2N2O. The zero-order chi connectivity index (χ0) is 12.7. The van der Waals surface area contributed by atoms with Gasteiger partial charge in [0, 0.05) is 13.0 Å². The highest BCUT2D eigenvalue weighted by atomic mass is 19.1. The third-order valence-electron chi connectivity index (χ3n) is 2.22. The van der Waals surface area contributed by atoms with Crippen molar-refractivity contribution in [3.63, 3.8) is 0 Å². The minimum absolute atomic E-state index is 0.0797. The number of halogens is 2. The number of nitrogens with two attached hydrogens (primary N) is 1. The fraction of sp³-hybridized carbons (Fsp3) is 0.417. The van der Waals surface area contributed by atoms with E-state index < -0.39 is 11.6 Å². The first-order chi connectivity index (χ1) is 8.19. The van der Waals surface area contributed by atoms with Crippen LogP contribution in [0.1, 0.15) is 24.8 Å². The Labute approximate surface area is 98.8 Å². The maximum Gasteiger partial charge on any atom is 0.190 e. The second-order valence-electron chi connectivity index (χ2n) is 3.56. The van der Waals surface area contributed by atoms with Crippen LogP contribution in [0.4, 0.5) is 8.78 Å². The van der Waals surface area contributed by atoms with Crippen molar-refractivity contribution < 1.29 is 13.5 Å². The lowest BCUT2D eigenvalue weighted by Gasteiger charge is -2.09. The number of rotatable bonds is 6. The van der Waals surface area contributed by atoms with E-state index >= 15 is 0 Å². The normalized spacial score (nSPS) is 10.0. The Morgan fingerprint density at radius 1 is 1.24 bits per heavy atom. The van der Waals surface area contributed by atoms with Crippen molar-refractivity contribution in [2.24, 2.45) is 5.73 Å². The van der Waals surface area contributed by atoms with Crippen molar-refractivity contribution in [2.45, 2.75) is 25.8 Å². The van der Waals surface area contributed by atoms with Gasteiger partial charge in [-0.15, -0.1) is 0 Å². The van der Waals surface area contributed by atoms with Crippen LogP contribution >= 0.6 is 0 Å². The van der Waals surface area contributed by atoms with Gasteiger partial charge < -0.3 is 10.5 Å². The molecule has 2 N–H and O–H groups in total. The lowest BCUT2D eigenvalue weighted by Crippen LogP contribution is -2.04. The molecule has 1 aromatic carbocycles. The van der Waals surface area contributed by atoms with E-state index in [-0.39, 0.29) is 18.9 Å². The van der Waals surface area contributed by atoms with E-state index in [1.54, 1.807) is 0 Å². The summed E-state index contributed by atoms with van der Waals surface area (Å²) in [5.41, 5.74) is 5.67. The second kappa shape index (κ2) is 6.81. The average Bonchev–Trinajstić information content (AvgIpc) is 2.31. The van der Waals surface area contributed by atoms with Crippen LogP contribution < -0.4 is 10.5 Å². The number of nitriles is 1. The molecule has 0 aliphatic rings. The van der Waals surface area contributed by atoms with Gasteiger partial charge in [-0.2, -0.15) is 5.26 Å². The first-order valence-electron chi connectivity index (χ1n) is 5.36. The zero-order valence-electron chi connectivity index (χ0n) is 9.38. The van der Waals surface area contributed by atoms with Crippen LogP contribution in [0.5, 0.6) is 5.75 Å². The summed E-state index contributed by atoms with van der Waals surface area (Å²) in [6.45, 7) is 0.272. The van der Waals surface area contributed by atoms with Crippen molar-refractivity contribution in [2.75, 3.05) is 6.61 Å². The van der Waals surface area contributed by atoms with Gasteiger partial charge in [0.05, 0.1) is 12.7 Å². The first kappa shape index (κ1) is 13.4. The molecule has 5 heteroatoms. The smallest absolute Gasteiger partial charge is 0.190 e. The fourth-order valence-corrected chi connectivity index (χ4v) is 1.35. The van der Waals surface area contributed by atoms with E-state index in [0.717, 1.165) is 12.1 Å². The maximum absolute atomic E-state index is 13.4. The van der Waals surface area contributed by atoms with Gasteiger partial charge >= 0.3 is 0 Å². The Kier molecular flexibility index (Phi) is 5.37. The summed E-state index contributed by atoms with van der Waals surface area (Å²) >= 11 is 0. The minimum Gasteiger partial charge on any atom is -0.488 e. The summed E-state index contributed by atoms with van der Waals surface area (Å²) in [7, 11) is 0. The lowest BCUT2D eigenvalue weighted by molar-refractivity contribution is 0.277. The molecule has 0 amide bonds. The van der Waals surface area contributed by atoms with E-state index in [1.165, 1.54) is 0 Å². The molecule has 0 saturated carbocycles. The van der Waals surface area contributed by atoms with Crippen molar-refractivity contribution in [1.29, 1.82) is 5.26 Å². The van der Waals surface area contributed by atoms with Gasteiger partial charge in [0.1, 0.15) is 0 Å². The van der Waals surface area contributed by atoms with Gasteiger partial charge in [0.2, 0.25) is 0 Å². The summed E-state index contributed by atoms with van der Waals surface area (Å²) < 4.78 is 31.8. The molecule has 17 heavy (non-hydrogen) atoms. The molecule has 0 atom stereocenters. The topological polar surface area (TPSA) is 59.0 Å². The summed E-state index contributed by atoms with van der Waals surface area (Å²) in [5, 5.41) is 8.31. The third-order valence-corrected chi connectivity index (χ3v) is 2.22. The van der Waals surface area contributed by atoms with Crippen molar-refractivity contribution in [3.8, 4) is 11.8 Å². The fourth-order valence-electron chi connectivity index (χ4n) is 1.35. The van der Waals surface area contributed by atoms with Crippen LogP contribution in [-0.4, -0.2) is 6.61 Å². The van der Waals surface area contributed by atoms with Crippen LogP contribution in [0.2, 0.25) is 0 Å². The van der Waals surface area contributed by atoms with Gasteiger partial charge in [-0.25, -0.2) is 8.78 Å². The minimum atomic E-state index is -0.745. The van der Waals surface area contributed by atoms with Gasteiger partial charge in [-0.05, 0) is 30.5 Å². The van der Waals surface area contributed by atoms with Gasteiger partial charge in [-0.3, -0.25) is 0 Å². The molecule has 3 nitrogen and oxygen atoms in total. The van der Waals surface area contributed by atoms with Crippen LogP contribution in [0, 0.1) is 23.0 Å². The van der Waals surface area contributed by atoms with Crippen molar-refractivity contribution in [3.05, 3.63) is 29.3 Å². The van der Waals surface area contributed by atoms with Crippen molar-refractivity contribution in [1.82, 2.24) is 0 Å². The maximum atomic E-state index is 13.4. The van der Waals surface area contributed by atoms with E-state index in [0.29, 0.717) is 24.8 Å². The van der Waals surface area contributed by atoms with Crippen molar-refractivity contribution >= 4 is 0 Å². The number of nitrogens with zero attached hydrogens (tertiary/aromatic N) is 1. The second-order valence-corrected chi connectivity index (χ2v) is 3.56. The predicted octanol–water partition coefficient (Wildman–Crippen LogP) is 2.50. The molecule has 0 spiro atoms. The quantitative estimate of drug-likeness (QED) is 0.777. The van der Waals surface area contributed by atoms with Gasteiger partial charge in [0.25, 0.3) is 0 Å². The van der Waals surface area contributed by atoms with Crippen LogP contribution in [0.15, 0.2) is 12.1 Å². The summed E-state index contributed by atoms with van der Waals surface area (Å²) in [6.07, 6.45) is 1.66. The molecule has 1 aromatic rings. The zero-order valence-corrected chi connectivity index (χ0v) is 9.38. The molecule has 0 unspecified atom stereocenters. The number of ether oxygens (including phenoxy) is 1. The summed E-state index contributed by atoms with van der Waals surface area (Å²) in [4.78, 5) is 0. The van der Waals surface area contributed by atoms with E-state index in [9.17, 15) is 8.78 Å². The monoisotopic (exact) mass is 240 g/mol. The van der Waals surface area contributed by atoms with Gasteiger partial charge in [-0.1, -0.05) is 0 Å². The molecule has 1 rings (SSSR count). The van der Waals surface area contributed by atoms with E-state index in [4.69, 9.17) is 15.7 Å². The Balaban J connectivity index is 2.56. The Morgan fingerprint density at radius 2 is 1.88 bits per heavy atom. The highest BCUT2D eigenvalue weighted by Crippen LogP contribution is 2.23. The summed E-state index contributed by atoms with van der Waals surface area (Å²) in [6, 6.07) is 4.31. The molecule has 0 saturated heterocycles. The summed E-state index contributed by atoms with van der Waals surface area (Å²) in [5.74, 6) is -1.87. The average molecular weight is 240 g/mol. The molecule has 0 aliphatic heterocycles. The molecule has 0 heterocycles. The van der Waals surface area contributed by atoms with Gasteiger partial charge in [0.15, 0.2) is 17.4 Å². The molecule has 0 bridgehead atoms. The molecular weight excluding hydrogens is 226 g/mol. The predicted molar refractivity (Wildman–Crippen MR) is 59.2 cm³/mol. The number of unbranched alkanes of at least 4 members (excludes halogenated alkanes) is 2. The largest absolute Gasteiger partial charge is 0.488 e.